The highest BCUT2D eigenvalue weighted by Gasteiger charge is 2.15. The van der Waals surface area contributed by atoms with E-state index in [9.17, 15) is 4.79 Å². The van der Waals surface area contributed by atoms with Gasteiger partial charge in [0.1, 0.15) is 0 Å². The molecule has 3 nitrogen and oxygen atoms in total. The van der Waals surface area contributed by atoms with Gasteiger partial charge in [-0.2, -0.15) is 0 Å². The standard InChI is InChI=1S/C13H20N2O/c1-10-7-13(16)8-11(2)15(10)12-5-3-4-6-14-9-12/h7-8,12,14H,3-6,9H2,1-2H3. The van der Waals surface area contributed by atoms with E-state index in [1.807, 2.05) is 13.8 Å². The van der Waals surface area contributed by atoms with E-state index in [2.05, 4.69) is 9.88 Å². The Morgan fingerprint density at radius 2 is 1.94 bits per heavy atom. The lowest BCUT2D eigenvalue weighted by Gasteiger charge is -2.24. The first-order valence-electron chi connectivity index (χ1n) is 6.09. The molecule has 1 aliphatic heterocycles. The van der Waals surface area contributed by atoms with Crippen LogP contribution in [0.15, 0.2) is 16.9 Å². The Kier molecular flexibility index (Phi) is 3.44. The monoisotopic (exact) mass is 220 g/mol. The average molecular weight is 220 g/mol. The fourth-order valence-corrected chi connectivity index (χ4v) is 2.67. The molecule has 0 aromatic carbocycles. The van der Waals surface area contributed by atoms with Crippen molar-refractivity contribution in [3.63, 3.8) is 0 Å². The Morgan fingerprint density at radius 1 is 1.25 bits per heavy atom. The molecule has 16 heavy (non-hydrogen) atoms. The van der Waals surface area contributed by atoms with Crippen molar-refractivity contribution in [2.24, 2.45) is 0 Å². The molecular formula is C13H20N2O. The second-order valence-electron chi connectivity index (χ2n) is 4.70. The molecule has 0 radical (unpaired) electrons. The molecule has 1 fully saturated rings. The molecular weight excluding hydrogens is 200 g/mol. The number of hydrogen-bond acceptors (Lipinski definition) is 2. The summed E-state index contributed by atoms with van der Waals surface area (Å²) < 4.78 is 2.31. The third-order valence-electron chi connectivity index (χ3n) is 3.35. The van der Waals surface area contributed by atoms with Gasteiger partial charge in [0.25, 0.3) is 0 Å². The van der Waals surface area contributed by atoms with Gasteiger partial charge in [-0.15, -0.1) is 0 Å². The van der Waals surface area contributed by atoms with Crippen LogP contribution >= 0.6 is 0 Å². The van der Waals surface area contributed by atoms with Crippen molar-refractivity contribution in [3.05, 3.63) is 33.7 Å². The van der Waals surface area contributed by atoms with Gasteiger partial charge in [0.05, 0.1) is 0 Å². The van der Waals surface area contributed by atoms with Crippen LogP contribution in [0.1, 0.15) is 36.7 Å². The SMILES string of the molecule is Cc1cc(=O)cc(C)n1C1CCCCNC1. The Morgan fingerprint density at radius 3 is 2.62 bits per heavy atom. The Bertz CT molecular complexity index is 388. The van der Waals surface area contributed by atoms with Gasteiger partial charge in [-0.3, -0.25) is 4.79 Å². The summed E-state index contributed by atoms with van der Waals surface area (Å²) in [6.45, 7) is 6.19. The quantitative estimate of drug-likeness (QED) is 0.782. The summed E-state index contributed by atoms with van der Waals surface area (Å²) in [6.07, 6.45) is 3.73. The van der Waals surface area contributed by atoms with Crippen LogP contribution in [0.4, 0.5) is 0 Å². The van der Waals surface area contributed by atoms with Crippen molar-refractivity contribution in [1.82, 2.24) is 9.88 Å². The lowest BCUT2D eigenvalue weighted by molar-refractivity contribution is 0.442. The highest BCUT2D eigenvalue weighted by atomic mass is 16.1. The zero-order chi connectivity index (χ0) is 11.5. The smallest absolute Gasteiger partial charge is 0.182 e. The van der Waals surface area contributed by atoms with Crippen molar-refractivity contribution in [2.45, 2.75) is 39.2 Å². The Hall–Kier alpha value is -1.09. The first-order valence-corrected chi connectivity index (χ1v) is 6.09. The van der Waals surface area contributed by atoms with Crippen molar-refractivity contribution >= 4 is 0 Å². The highest BCUT2D eigenvalue weighted by Crippen LogP contribution is 2.20. The van der Waals surface area contributed by atoms with Crippen LogP contribution in [-0.4, -0.2) is 17.7 Å². The van der Waals surface area contributed by atoms with E-state index in [0.29, 0.717) is 6.04 Å². The average Bonchev–Trinajstić information content (AvgIpc) is 2.44. The maximum atomic E-state index is 11.4. The van der Waals surface area contributed by atoms with Gasteiger partial charge in [0.15, 0.2) is 5.43 Å². The lowest BCUT2D eigenvalue weighted by atomic mass is 10.1. The topological polar surface area (TPSA) is 34.0 Å². The minimum atomic E-state index is 0.118. The van der Waals surface area contributed by atoms with Crippen molar-refractivity contribution in [3.8, 4) is 0 Å². The van der Waals surface area contributed by atoms with E-state index < -0.39 is 0 Å². The van der Waals surface area contributed by atoms with Crippen LogP contribution in [0.3, 0.4) is 0 Å². The number of pyridine rings is 1. The number of hydrogen-bond donors (Lipinski definition) is 1. The number of aryl methyl sites for hydroxylation is 2. The van der Waals surface area contributed by atoms with Gasteiger partial charge in [0.2, 0.25) is 0 Å². The van der Waals surface area contributed by atoms with Crippen molar-refractivity contribution < 1.29 is 0 Å². The maximum Gasteiger partial charge on any atom is 0.182 e. The van der Waals surface area contributed by atoms with Crippen LogP contribution in [0.5, 0.6) is 0 Å². The van der Waals surface area contributed by atoms with E-state index in [1.165, 1.54) is 19.3 Å². The number of nitrogens with one attached hydrogen (secondary N) is 1. The molecule has 1 aromatic heterocycles. The largest absolute Gasteiger partial charge is 0.345 e. The number of aromatic nitrogens is 1. The summed E-state index contributed by atoms with van der Waals surface area (Å²) in [5.41, 5.74) is 2.28. The highest BCUT2D eigenvalue weighted by molar-refractivity contribution is 5.13. The predicted octanol–water partition coefficient (Wildman–Crippen LogP) is 1.78. The van der Waals surface area contributed by atoms with Gasteiger partial charge >= 0.3 is 0 Å². The summed E-state index contributed by atoms with van der Waals surface area (Å²) >= 11 is 0. The molecule has 0 amide bonds. The van der Waals surface area contributed by atoms with E-state index in [1.54, 1.807) is 12.1 Å². The summed E-state index contributed by atoms with van der Waals surface area (Å²) in [4.78, 5) is 11.4. The molecule has 0 aliphatic carbocycles. The van der Waals surface area contributed by atoms with Crippen LogP contribution in [0.25, 0.3) is 0 Å². The Labute approximate surface area is 96.5 Å². The zero-order valence-corrected chi connectivity index (χ0v) is 10.1. The van der Waals surface area contributed by atoms with Crippen LogP contribution in [0, 0.1) is 13.8 Å². The van der Waals surface area contributed by atoms with Gasteiger partial charge in [-0.25, -0.2) is 0 Å². The fourth-order valence-electron chi connectivity index (χ4n) is 2.67. The van der Waals surface area contributed by atoms with E-state index in [0.717, 1.165) is 24.5 Å². The molecule has 1 unspecified atom stereocenters. The molecule has 0 spiro atoms. The molecule has 2 heterocycles. The molecule has 1 aliphatic rings. The molecule has 1 saturated heterocycles. The number of nitrogens with zero attached hydrogens (tertiary/aromatic N) is 1. The van der Waals surface area contributed by atoms with Crippen LogP contribution < -0.4 is 10.7 Å². The van der Waals surface area contributed by atoms with Gasteiger partial charge in [0, 0.05) is 36.1 Å². The minimum Gasteiger partial charge on any atom is -0.345 e. The summed E-state index contributed by atoms with van der Waals surface area (Å²) in [7, 11) is 0. The first-order chi connectivity index (χ1) is 7.68. The summed E-state index contributed by atoms with van der Waals surface area (Å²) in [5.74, 6) is 0. The third kappa shape index (κ3) is 2.35. The van der Waals surface area contributed by atoms with Crippen molar-refractivity contribution in [2.75, 3.05) is 13.1 Å². The second kappa shape index (κ2) is 4.83. The predicted molar refractivity (Wildman–Crippen MR) is 65.9 cm³/mol. The minimum absolute atomic E-state index is 0.118. The van der Waals surface area contributed by atoms with Gasteiger partial charge < -0.3 is 9.88 Å². The summed E-state index contributed by atoms with van der Waals surface area (Å²) in [5, 5.41) is 3.47. The molecule has 2 rings (SSSR count). The summed E-state index contributed by atoms with van der Waals surface area (Å²) in [6, 6.07) is 3.97. The normalized spacial score (nSPS) is 21.8. The molecule has 0 saturated carbocycles. The third-order valence-corrected chi connectivity index (χ3v) is 3.35. The number of rotatable bonds is 1. The Balaban J connectivity index is 2.34. The van der Waals surface area contributed by atoms with E-state index in [4.69, 9.17) is 0 Å². The molecule has 88 valence electrons. The van der Waals surface area contributed by atoms with Crippen LogP contribution in [-0.2, 0) is 0 Å². The van der Waals surface area contributed by atoms with Gasteiger partial charge in [-0.05, 0) is 33.2 Å². The molecule has 3 heteroatoms. The van der Waals surface area contributed by atoms with Gasteiger partial charge in [-0.1, -0.05) is 6.42 Å². The maximum absolute atomic E-state index is 11.4. The molecule has 1 atom stereocenters. The van der Waals surface area contributed by atoms with E-state index in [-0.39, 0.29) is 5.43 Å². The lowest BCUT2D eigenvalue weighted by Crippen LogP contribution is -2.26. The zero-order valence-electron chi connectivity index (χ0n) is 10.1. The fraction of sp³-hybridized carbons (Fsp3) is 0.615. The molecule has 1 N–H and O–H groups in total. The molecule has 0 bridgehead atoms. The van der Waals surface area contributed by atoms with Crippen LogP contribution in [0.2, 0.25) is 0 Å². The first kappa shape index (κ1) is 11.4. The molecule has 1 aromatic rings. The van der Waals surface area contributed by atoms with Crippen molar-refractivity contribution in [1.29, 1.82) is 0 Å². The second-order valence-corrected chi connectivity index (χ2v) is 4.70. The van der Waals surface area contributed by atoms with E-state index >= 15 is 0 Å².